The molecule has 3 heteroatoms. The topological polar surface area (TPSA) is 21.3 Å². The molecule has 0 bridgehead atoms. The highest BCUT2D eigenvalue weighted by Gasteiger charge is 2.22. The lowest BCUT2D eigenvalue weighted by Gasteiger charge is -2.30. The molecule has 1 fully saturated rings. The molecule has 0 aromatic rings. The Balaban J connectivity index is 2.17. The molecule has 1 saturated carbocycles. The van der Waals surface area contributed by atoms with Gasteiger partial charge >= 0.3 is 0 Å². The molecule has 0 aliphatic heterocycles. The summed E-state index contributed by atoms with van der Waals surface area (Å²) in [6.07, 6.45) is 3.21. The molecule has 1 aliphatic carbocycles. The van der Waals surface area contributed by atoms with Gasteiger partial charge in [0.1, 0.15) is 0 Å². The quantitative estimate of drug-likeness (QED) is 0.758. The number of hydrogen-bond acceptors (Lipinski definition) is 2. The highest BCUT2D eigenvalue weighted by molar-refractivity contribution is 4.78. The molecule has 0 aromatic heterocycles. The van der Waals surface area contributed by atoms with E-state index in [9.17, 15) is 4.39 Å². The molecule has 84 valence electrons. The average molecular weight is 203 g/mol. The molecular formula is C11H22FNO. The predicted octanol–water partition coefficient (Wildman–Crippen LogP) is 2.63. The molecule has 0 radical (unpaired) electrons. The summed E-state index contributed by atoms with van der Waals surface area (Å²) in [7, 11) is 0. The lowest BCUT2D eigenvalue weighted by Crippen LogP contribution is -2.39. The van der Waals surface area contributed by atoms with Crippen molar-refractivity contribution in [3.8, 4) is 0 Å². The summed E-state index contributed by atoms with van der Waals surface area (Å²) in [6.45, 7) is 5.77. The zero-order chi connectivity index (χ0) is 10.6. The maximum absolute atomic E-state index is 12.6. The third-order valence-corrected chi connectivity index (χ3v) is 2.62. The minimum absolute atomic E-state index is 0.139. The Hall–Kier alpha value is -0.150. The van der Waals surface area contributed by atoms with Gasteiger partial charge in [-0.05, 0) is 32.6 Å². The zero-order valence-corrected chi connectivity index (χ0v) is 9.42. The van der Waals surface area contributed by atoms with Crippen LogP contribution >= 0.6 is 0 Å². The van der Waals surface area contributed by atoms with E-state index in [0.717, 1.165) is 25.7 Å². The lowest BCUT2D eigenvalue weighted by atomic mass is 9.92. The van der Waals surface area contributed by atoms with Gasteiger partial charge in [-0.15, -0.1) is 0 Å². The third-order valence-electron chi connectivity index (χ3n) is 2.62. The van der Waals surface area contributed by atoms with E-state index >= 15 is 0 Å². The van der Waals surface area contributed by atoms with Gasteiger partial charge in [-0.1, -0.05) is 13.8 Å². The van der Waals surface area contributed by atoms with Crippen LogP contribution in [0.4, 0.5) is 4.39 Å². The second-order valence-electron chi connectivity index (χ2n) is 4.47. The molecule has 2 nitrogen and oxygen atoms in total. The van der Waals surface area contributed by atoms with Crippen molar-refractivity contribution in [2.75, 3.05) is 0 Å². The first-order valence-electron chi connectivity index (χ1n) is 5.63. The van der Waals surface area contributed by atoms with Crippen molar-refractivity contribution in [1.82, 2.24) is 5.32 Å². The van der Waals surface area contributed by atoms with E-state index in [4.69, 9.17) is 4.74 Å². The summed E-state index contributed by atoms with van der Waals surface area (Å²) < 4.78 is 17.7. The number of hydrogen-bond donors (Lipinski definition) is 1. The van der Waals surface area contributed by atoms with Gasteiger partial charge in [0.25, 0.3) is 0 Å². The van der Waals surface area contributed by atoms with E-state index in [0.29, 0.717) is 12.1 Å². The predicted molar refractivity (Wildman–Crippen MR) is 56.0 cm³/mol. The second kappa shape index (κ2) is 5.66. The maximum atomic E-state index is 12.6. The van der Waals surface area contributed by atoms with E-state index in [-0.39, 0.29) is 6.10 Å². The highest BCUT2D eigenvalue weighted by atomic mass is 19.1. The second-order valence-corrected chi connectivity index (χ2v) is 4.47. The summed E-state index contributed by atoms with van der Waals surface area (Å²) in [5, 5.41) is 3.51. The first-order chi connectivity index (χ1) is 6.58. The molecule has 0 spiro atoms. The van der Waals surface area contributed by atoms with Crippen LogP contribution in [0.3, 0.4) is 0 Å². The Morgan fingerprint density at radius 2 is 1.71 bits per heavy atom. The number of rotatable bonds is 4. The largest absolute Gasteiger partial charge is 0.345 e. The Morgan fingerprint density at radius 3 is 2.14 bits per heavy atom. The van der Waals surface area contributed by atoms with Gasteiger partial charge in [0.2, 0.25) is 0 Å². The van der Waals surface area contributed by atoms with Crippen molar-refractivity contribution < 1.29 is 9.13 Å². The summed E-state index contributed by atoms with van der Waals surface area (Å²) in [4.78, 5) is 0. The van der Waals surface area contributed by atoms with Gasteiger partial charge in [-0.2, -0.15) is 0 Å². The summed E-state index contributed by atoms with van der Waals surface area (Å²) >= 11 is 0. The van der Waals surface area contributed by atoms with Crippen LogP contribution in [-0.2, 0) is 4.74 Å². The van der Waals surface area contributed by atoms with Crippen LogP contribution in [-0.4, -0.2) is 24.5 Å². The molecule has 1 rings (SSSR count). The molecule has 14 heavy (non-hydrogen) atoms. The fourth-order valence-corrected chi connectivity index (χ4v) is 2.10. The van der Waals surface area contributed by atoms with Crippen molar-refractivity contribution in [2.24, 2.45) is 0 Å². The smallest absolute Gasteiger partial charge is 0.196 e. The van der Waals surface area contributed by atoms with Crippen molar-refractivity contribution >= 4 is 0 Å². The van der Waals surface area contributed by atoms with Gasteiger partial charge in [-0.25, -0.2) is 4.39 Å². The van der Waals surface area contributed by atoms with Gasteiger partial charge in [-0.3, -0.25) is 0 Å². The van der Waals surface area contributed by atoms with Crippen LogP contribution < -0.4 is 5.32 Å². The molecule has 0 saturated heterocycles. The Morgan fingerprint density at radius 1 is 1.14 bits per heavy atom. The summed E-state index contributed by atoms with van der Waals surface area (Å²) in [6, 6.07) is 1.14. The van der Waals surface area contributed by atoms with E-state index in [1.54, 1.807) is 0 Å². The van der Waals surface area contributed by atoms with E-state index < -0.39 is 6.36 Å². The maximum Gasteiger partial charge on any atom is 0.196 e. The number of halogens is 1. The summed E-state index contributed by atoms with van der Waals surface area (Å²) in [5.41, 5.74) is 0. The first-order valence-corrected chi connectivity index (χ1v) is 5.63. The van der Waals surface area contributed by atoms with Gasteiger partial charge in [0.05, 0.1) is 6.10 Å². The number of alkyl halides is 1. The molecule has 0 amide bonds. The minimum atomic E-state index is -1.12. The van der Waals surface area contributed by atoms with E-state index in [2.05, 4.69) is 19.2 Å². The van der Waals surface area contributed by atoms with Crippen LogP contribution in [0, 0.1) is 0 Å². The highest BCUT2D eigenvalue weighted by Crippen LogP contribution is 2.22. The first kappa shape index (κ1) is 11.9. The molecule has 1 unspecified atom stereocenters. The van der Waals surface area contributed by atoms with Crippen molar-refractivity contribution in [3.05, 3.63) is 0 Å². The molecule has 0 aromatic carbocycles. The van der Waals surface area contributed by atoms with Crippen molar-refractivity contribution in [3.63, 3.8) is 0 Å². The van der Waals surface area contributed by atoms with E-state index in [1.807, 2.05) is 0 Å². The van der Waals surface area contributed by atoms with Gasteiger partial charge in [0, 0.05) is 12.1 Å². The van der Waals surface area contributed by atoms with Crippen LogP contribution in [0.25, 0.3) is 0 Å². The standard InChI is InChI=1S/C11H22FNO/c1-8(2)13-10-4-6-11(7-5-10)14-9(3)12/h8-11,13H,4-7H2,1-3H3. The Kier molecular flexibility index (Phi) is 4.82. The Bertz CT molecular complexity index is 135. The molecular weight excluding hydrogens is 181 g/mol. The molecule has 1 N–H and O–H groups in total. The van der Waals surface area contributed by atoms with Crippen molar-refractivity contribution in [2.45, 2.75) is 71.0 Å². The molecule has 1 atom stereocenters. The normalized spacial score (nSPS) is 30.6. The van der Waals surface area contributed by atoms with Crippen molar-refractivity contribution in [1.29, 1.82) is 0 Å². The third kappa shape index (κ3) is 4.38. The Labute approximate surface area is 86.2 Å². The fourth-order valence-electron chi connectivity index (χ4n) is 2.10. The van der Waals surface area contributed by atoms with E-state index in [1.165, 1.54) is 6.92 Å². The number of ether oxygens (including phenoxy) is 1. The van der Waals surface area contributed by atoms with Crippen LogP contribution in [0.1, 0.15) is 46.5 Å². The minimum Gasteiger partial charge on any atom is -0.345 e. The number of nitrogens with one attached hydrogen (secondary N) is 1. The average Bonchev–Trinajstić information content (AvgIpc) is 2.06. The van der Waals surface area contributed by atoms with Gasteiger partial charge in [0.15, 0.2) is 6.36 Å². The zero-order valence-electron chi connectivity index (χ0n) is 9.42. The van der Waals surface area contributed by atoms with Crippen LogP contribution in [0.5, 0.6) is 0 Å². The van der Waals surface area contributed by atoms with Crippen LogP contribution in [0.15, 0.2) is 0 Å². The van der Waals surface area contributed by atoms with Crippen LogP contribution in [0.2, 0.25) is 0 Å². The fraction of sp³-hybridized carbons (Fsp3) is 1.00. The molecule has 0 heterocycles. The molecule has 1 aliphatic rings. The van der Waals surface area contributed by atoms with Gasteiger partial charge < -0.3 is 10.1 Å². The lowest BCUT2D eigenvalue weighted by molar-refractivity contribution is -0.0878. The summed E-state index contributed by atoms with van der Waals surface area (Å²) in [5.74, 6) is 0. The SMILES string of the molecule is CC(C)NC1CCC(OC(C)F)CC1. The monoisotopic (exact) mass is 203 g/mol.